The van der Waals surface area contributed by atoms with Crippen molar-refractivity contribution < 1.29 is 23.2 Å². The van der Waals surface area contributed by atoms with Gasteiger partial charge in [-0.05, 0) is 54.7 Å². The zero-order chi connectivity index (χ0) is 26.2. The van der Waals surface area contributed by atoms with Crippen molar-refractivity contribution in [1.29, 1.82) is 0 Å². The number of halogens is 2. The molecule has 1 atom stereocenters. The van der Waals surface area contributed by atoms with Crippen LogP contribution in [0.2, 0.25) is 0 Å². The lowest BCUT2D eigenvalue weighted by Crippen LogP contribution is -2.45. The first-order valence-corrected chi connectivity index (χ1v) is 12.3. The second-order valence-electron chi connectivity index (χ2n) is 9.94. The molecule has 190 valence electrons. The molecule has 0 bridgehead atoms. The Kier molecular flexibility index (Phi) is 6.54. The Hall–Kier alpha value is -4.00. The smallest absolute Gasteiger partial charge is 0.329 e. The Morgan fingerprint density at radius 3 is 2.49 bits per heavy atom. The SMILES string of the molecule is CC(=O)On1c2c(c3ccccc31)CC(C)(C(=O)N(Cc1ccccc1)Cc1cc(F)ccc1F)CC2. The number of amides is 1. The van der Waals surface area contributed by atoms with E-state index in [-0.39, 0.29) is 24.6 Å². The fourth-order valence-electron chi connectivity index (χ4n) is 5.32. The Bertz CT molecular complexity index is 1480. The number of rotatable bonds is 6. The third-order valence-electron chi connectivity index (χ3n) is 7.13. The molecule has 0 aliphatic heterocycles. The summed E-state index contributed by atoms with van der Waals surface area (Å²) in [5, 5.41) is 0.934. The summed E-state index contributed by atoms with van der Waals surface area (Å²) in [6.45, 7) is 3.52. The Morgan fingerprint density at radius 2 is 1.73 bits per heavy atom. The second-order valence-corrected chi connectivity index (χ2v) is 9.94. The molecule has 3 aromatic carbocycles. The third kappa shape index (κ3) is 4.86. The molecule has 0 spiro atoms. The molecular formula is C30H28F2N2O3. The van der Waals surface area contributed by atoms with Crippen molar-refractivity contribution in [3.8, 4) is 0 Å². The standard InChI is InChI=1S/C30H28F2N2O3/c1-20(35)37-34-27-11-7-6-10-24(27)25-17-30(2,15-14-28(25)34)29(36)33(18-21-8-4-3-5-9-21)19-22-16-23(31)12-13-26(22)32/h3-13,16H,14-15,17-19H2,1-2H3. The molecule has 0 saturated carbocycles. The minimum atomic E-state index is -0.781. The van der Waals surface area contributed by atoms with Crippen molar-refractivity contribution in [2.24, 2.45) is 5.41 Å². The van der Waals surface area contributed by atoms with Crippen molar-refractivity contribution in [2.75, 3.05) is 0 Å². The fraction of sp³-hybridized carbons (Fsp3) is 0.267. The van der Waals surface area contributed by atoms with Gasteiger partial charge in [0.1, 0.15) is 11.6 Å². The summed E-state index contributed by atoms with van der Waals surface area (Å²) in [5.41, 5.74) is 2.89. The first-order chi connectivity index (χ1) is 17.7. The Balaban J connectivity index is 1.51. The Labute approximate surface area is 214 Å². The number of para-hydroxylation sites is 1. The number of benzene rings is 3. The molecule has 1 amide bonds. The van der Waals surface area contributed by atoms with Gasteiger partial charge in [0.15, 0.2) is 0 Å². The van der Waals surface area contributed by atoms with Crippen LogP contribution in [0.5, 0.6) is 0 Å². The lowest BCUT2D eigenvalue weighted by Gasteiger charge is -2.37. The summed E-state index contributed by atoms with van der Waals surface area (Å²) in [4.78, 5) is 33.1. The van der Waals surface area contributed by atoms with Gasteiger partial charge in [0, 0.05) is 31.0 Å². The molecule has 7 heteroatoms. The maximum atomic E-state index is 14.6. The van der Waals surface area contributed by atoms with Crippen LogP contribution in [0.4, 0.5) is 8.78 Å². The van der Waals surface area contributed by atoms with Crippen LogP contribution in [0.3, 0.4) is 0 Å². The molecule has 1 heterocycles. The predicted octanol–water partition coefficient (Wildman–Crippen LogP) is 5.62. The number of nitrogens with zero attached hydrogens (tertiary/aromatic N) is 2. The topological polar surface area (TPSA) is 51.5 Å². The van der Waals surface area contributed by atoms with E-state index in [0.29, 0.717) is 19.3 Å². The summed E-state index contributed by atoms with van der Waals surface area (Å²) < 4.78 is 30.1. The van der Waals surface area contributed by atoms with E-state index in [1.54, 1.807) is 9.63 Å². The molecular weight excluding hydrogens is 474 g/mol. The van der Waals surface area contributed by atoms with Gasteiger partial charge in [0.05, 0.1) is 16.6 Å². The van der Waals surface area contributed by atoms with Gasteiger partial charge in [-0.3, -0.25) is 4.79 Å². The highest BCUT2D eigenvalue weighted by molar-refractivity contribution is 5.89. The molecule has 37 heavy (non-hydrogen) atoms. The summed E-state index contributed by atoms with van der Waals surface area (Å²) in [5.74, 6) is -1.64. The molecule has 1 aliphatic carbocycles. The number of carbonyl (C=O) groups excluding carboxylic acids is 2. The summed E-state index contributed by atoms with van der Waals surface area (Å²) in [6, 6.07) is 20.5. The average Bonchev–Trinajstić information content (AvgIpc) is 3.18. The molecule has 1 unspecified atom stereocenters. The number of hydrogen-bond donors (Lipinski definition) is 0. The lowest BCUT2D eigenvalue weighted by molar-refractivity contribution is -0.144. The summed E-state index contributed by atoms with van der Waals surface area (Å²) in [6.07, 6.45) is 1.49. The van der Waals surface area contributed by atoms with Gasteiger partial charge >= 0.3 is 5.97 Å². The first-order valence-electron chi connectivity index (χ1n) is 12.3. The van der Waals surface area contributed by atoms with Gasteiger partial charge in [-0.25, -0.2) is 13.6 Å². The van der Waals surface area contributed by atoms with Gasteiger partial charge in [0.2, 0.25) is 5.91 Å². The summed E-state index contributed by atoms with van der Waals surface area (Å²) in [7, 11) is 0. The van der Waals surface area contributed by atoms with E-state index in [1.807, 2.05) is 61.5 Å². The van der Waals surface area contributed by atoms with Crippen LogP contribution in [-0.4, -0.2) is 21.5 Å². The van der Waals surface area contributed by atoms with Crippen molar-refractivity contribution in [3.05, 3.63) is 107 Å². The van der Waals surface area contributed by atoms with E-state index in [2.05, 4.69) is 0 Å². The number of aromatic nitrogens is 1. The van der Waals surface area contributed by atoms with Crippen LogP contribution in [-0.2, 0) is 35.5 Å². The quantitative estimate of drug-likeness (QED) is 0.344. The normalized spacial score (nSPS) is 16.9. The molecule has 0 N–H and O–H groups in total. The zero-order valence-electron chi connectivity index (χ0n) is 20.8. The van der Waals surface area contributed by atoms with Crippen LogP contribution in [0.15, 0.2) is 72.8 Å². The van der Waals surface area contributed by atoms with E-state index in [9.17, 15) is 18.4 Å². The van der Waals surface area contributed by atoms with E-state index in [4.69, 9.17) is 4.84 Å². The highest BCUT2D eigenvalue weighted by atomic mass is 19.1. The van der Waals surface area contributed by atoms with E-state index in [0.717, 1.165) is 45.9 Å². The number of hydrogen-bond acceptors (Lipinski definition) is 3. The second kappa shape index (κ2) is 9.81. The third-order valence-corrected chi connectivity index (χ3v) is 7.13. The maximum absolute atomic E-state index is 14.6. The molecule has 4 aromatic rings. The maximum Gasteiger partial charge on any atom is 0.329 e. The summed E-state index contributed by atoms with van der Waals surface area (Å²) >= 11 is 0. The Morgan fingerprint density at radius 1 is 1.00 bits per heavy atom. The largest absolute Gasteiger partial charge is 0.337 e. The van der Waals surface area contributed by atoms with Crippen molar-refractivity contribution in [2.45, 2.75) is 46.2 Å². The highest BCUT2D eigenvalue weighted by Gasteiger charge is 2.42. The van der Waals surface area contributed by atoms with Gasteiger partial charge in [-0.1, -0.05) is 55.5 Å². The highest BCUT2D eigenvalue weighted by Crippen LogP contribution is 2.41. The molecule has 0 saturated heterocycles. The van der Waals surface area contributed by atoms with E-state index in [1.165, 1.54) is 6.92 Å². The minimum Gasteiger partial charge on any atom is -0.337 e. The van der Waals surface area contributed by atoms with Crippen LogP contribution in [0.25, 0.3) is 10.9 Å². The van der Waals surface area contributed by atoms with Crippen molar-refractivity contribution in [1.82, 2.24) is 9.63 Å². The first kappa shape index (κ1) is 24.7. The molecule has 5 rings (SSSR count). The van der Waals surface area contributed by atoms with Crippen LogP contribution >= 0.6 is 0 Å². The molecule has 1 aromatic heterocycles. The van der Waals surface area contributed by atoms with Gasteiger partial charge in [-0.2, -0.15) is 4.73 Å². The average molecular weight is 503 g/mol. The van der Waals surface area contributed by atoms with E-state index < -0.39 is 23.0 Å². The predicted molar refractivity (Wildman–Crippen MR) is 136 cm³/mol. The minimum absolute atomic E-state index is 0.0467. The van der Waals surface area contributed by atoms with Crippen LogP contribution in [0, 0.1) is 17.0 Å². The van der Waals surface area contributed by atoms with Crippen LogP contribution < -0.4 is 4.84 Å². The van der Waals surface area contributed by atoms with E-state index >= 15 is 0 Å². The molecule has 5 nitrogen and oxygen atoms in total. The number of carbonyl (C=O) groups is 2. The number of fused-ring (bicyclic) bond motifs is 3. The van der Waals surface area contributed by atoms with Crippen molar-refractivity contribution >= 4 is 22.8 Å². The van der Waals surface area contributed by atoms with Gasteiger partial charge in [-0.15, -0.1) is 0 Å². The van der Waals surface area contributed by atoms with Gasteiger partial charge in [0.25, 0.3) is 0 Å². The van der Waals surface area contributed by atoms with Crippen LogP contribution in [0.1, 0.15) is 42.7 Å². The van der Waals surface area contributed by atoms with Gasteiger partial charge < -0.3 is 9.74 Å². The molecule has 0 fully saturated rings. The monoisotopic (exact) mass is 502 g/mol. The van der Waals surface area contributed by atoms with Crippen molar-refractivity contribution in [3.63, 3.8) is 0 Å². The zero-order valence-corrected chi connectivity index (χ0v) is 20.8. The fourth-order valence-corrected chi connectivity index (χ4v) is 5.32. The molecule has 1 aliphatic rings. The lowest BCUT2D eigenvalue weighted by atomic mass is 9.73. The molecule has 0 radical (unpaired) electrons.